The van der Waals surface area contributed by atoms with Crippen molar-refractivity contribution in [2.24, 2.45) is 0 Å². The summed E-state index contributed by atoms with van der Waals surface area (Å²) >= 11 is 5.54. The fourth-order valence-corrected chi connectivity index (χ4v) is 1.79. The number of alkyl halides is 1. The van der Waals surface area contributed by atoms with Crippen molar-refractivity contribution in [2.45, 2.75) is 25.7 Å². The number of halogens is 2. The van der Waals surface area contributed by atoms with Crippen molar-refractivity contribution < 1.29 is 14.3 Å². The maximum atomic E-state index is 13.3. The highest BCUT2D eigenvalue weighted by molar-refractivity contribution is 6.17. The minimum Gasteiger partial charge on any atom is -0.507 e. The number of hydrogen-bond donors (Lipinski definition) is 2. The van der Waals surface area contributed by atoms with Crippen LogP contribution in [0.25, 0.3) is 0 Å². The Balaban J connectivity index is 2.37. The summed E-state index contributed by atoms with van der Waals surface area (Å²) in [6.45, 7) is 0.467. The molecule has 18 heavy (non-hydrogen) atoms. The van der Waals surface area contributed by atoms with Crippen LogP contribution in [0.5, 0.6) is 5.75 Å². The molecule has 0 bridgehead atoms. The maximum Gasteiger partial charge on any atom is 0.258 e. The fraction of sp³-hybridized carbons (Fsp3) is 0.462. The summed E-state index contributed by atoms with van der Waals surface area (Å²) in [5, 5.41) is 12.0. The topological polar surface area (TPSA) is 49.3 Å². The number of aromatic hydroxyl groups is 1. The highest BCUT2D eigenvalue weighted by Gasteiger charge is 2.15. The lowest BCUT2D eigenvalue weighted by Gasteiger charge is -2.07. The normalized spacial score (nSPS) is 10.3. The van der Waals surface area contributed by atoms with Crippen LogP contribution in [0.15, 0.2) is 18.2 Å². The van der Waals surface area contributed by atoms with Crippen LogP contribution in [-0.4, -0.2) is 23.4 Å². The van der Waals surface area contributed by atoms with Crippen LogP contribution < -0.4 is 5.32 Å². The first-order valence-corrected chi connectivity index (χ1v) is 6.52. The van der Waals surface area contributed by atoms with Crippen molar-refractivity contribution in [1.82, 2.24) is 5.32 Å². The number of amides is 1. The smallest absolute Gasteiger partial charge is 0.258 e. The maximum absolute atomic E-state index is 13.3. The quantitative estimate of drug-likeness (QED) is 0.592. The fourth-order valence-electron chi connectivity index (χ4n) is 1.60. The molecule has 0 spiro atoms. The van der Waals surface area contributed by atoms with E-state index in [2.05, 4.69) is 5.32 Å². The van der Waals surface area contributed by atoms with Gasteiger partial charge in [-0.2, -0.15) is 0 Å². The van der Waals surface area contributed by atoms with Gasteiger partial charge in [0, 0.05) is 12.4 Å². The molecule has 100 valence electrons. The number of rotatable bonds is 7. The lowest BCUT2D eigenvalue weighted by molar-refractivity contribution is 0.0946. The Morgan fingerprint density at radius 1 is 1.28 bits per heavy atom. The summed E-state index contributed by atoms with van der Waals surface area (Å²) in [7, 11) is 0. The highest BCUT2D eigenvalue weighted by atomic mass is 35.5. The zero-order valence-corrected chi connectivity index (χ0v) is 10.8. The van der Waals surface area contributed by atoms with E-state index in [9.17, 15) is 14.3 Å². The molecule has 1 aromatic rings. The molecule has 0 saturated carbocycles. The number of unbranched alkanes of at least 4 members (excludes halogenated alkanes) is 3. The minimum absolute atomic E-state index is 0.293. The van der Waals surface area contributed by atoms with Gasteiger partial charge in [0.05, 0.1) is 0 Å². The van der Waals surface area contributed by atoms with E-state index in [-0.39, 0.29) is 11.3 Å². The van der Waals surface area contributed by atoms with Crippen LogP contribution in [0.4, 0.5) is 4.39 Å². The van der Waals surface area contributed by atoms with Gasteiger partial charge in [-0.3, -0.25) is 4.79 Å². The van der Waals surface area contributed by atoms with Gasteiger partial charge in [-0.15, -0.1) is 11.6 Å². The second-order valence-corrected chi connectivity index (χ2v) is 4.37. The third-order valence-electron chi connectivity index (χ3n) is 2.56. The molecule has 0 radical (unpaired) electrons. The molecule has 2 N–H and O–H groups in total. The first-order valence-electron chi connectivity index (χ1n) is 5.98. The van der Waals surface area contributed by atoms with E-state index in [0.29, 0.717) is 12.4 Å². The monoisotopic (exact) mass is 273 g/mol. The second kappa shape index (κ2) is 7.93. The van der Waals surface area contributed by atoms with Crippen molar-refractivity contribution >= 4 is 17.5 Å². The van der Waals surface area contributed by atoms with Crippen molar-refractivity contribution in [3.8, 4) is 5.75 Å². The van der Waals surface area contributed by atoms with E-state index >= 15 is 0 Å². The molecule has 0 heterocycles. The van der Waals surface area contributed by atoms with E-state index in [1.165, 1.54) is 12.1 Å². The number of phenolic OH excluding ortho intramolecular Hbond substituents is 1. The first kappa shape index (κ1) is 14.8. The SMILES string of the molecule is O=C(NCCCCCCCl)c1c(O)cccc1F. The van der Waals surface area contributed by atoms with Crippen LogP contribution in [0.1, 0.15) is 36.0 Å². The third-order valence-corrected chi connectivity index (χ3v) is 2.83. The van der Waals surface area contributed by atoms with Gasteiger partial charge in [0.25, 0.3) is 5.91 Å². The van der Waals surface area contributed by atoms with Crippen molar-refractivity contribution in [1.29, 1.82) is 0 Å². The van der Waals surface area contributed by atoms with E-state index in [4.69, 9.17) is 11.6 Å². The number of phenols is 1. The molecule has 0 atom stereocenters. The lowest BCUT2D eigenvalue weighted by atomic mass is 10.1. The Morgan fingerprint density at radius 2 is 2.00 bits per heavy atom. The molecule has 0 aromatic heterocycles. The Hall–Kier alpha value is -1.29. The van der Waals surface area contributed by atoms with Gasteiger partial charge >= 0.3 is 0 Å². The molecule has 0 aliphatic carbocycles. The Kier molecular flexibility index (Phi) is 6.50. The largest absolute Gasteiger partial charge is 0.507 e. The Bertz CT molecular complexity index is 378. The number of benzene rings is 1. The van der Waals surface area contributed by atoms with Crippen molar-refractivity contribution in [2.75, 3.05) is 12.4 Å². The van der Waals surface area contributed by atoms with E-state index in [1.807, 2.05) is 0 Å². The summed E-state index contributed by atoms with van der Waals surface area (Å²) in [6.07, 6.45) is 3.77. The van der Waals surface area contributed by atoms with E-state index < -0.39 is 11.7 Å². The molecule has 1 aromatic carbocycles. The van der Waals surface area contributed by atoms with Crippen LogP contribution in [0, 0.1) is 5.82 Å². The van der Waals surface area contributed by atoms with Crippen LogP contribution in [0.3, 0.4) is 0 Å². The molecule has 1 amide bonds. The molecule has 0 fully saturated rings. The summed E-state index contributed by atoms with van der Waals surface area (Å²) in [4.78, 5) is 11.6. The number of carbonyl (C=O) groups excluding carboxylic acids is 1. The molecule has 0 aliphatic rings. The van der Waals surface area contributed by atoms with Crippen LogP contribution >= 0.6 is 11.6 Å². The summed E-state index contributed by atoms with van der Waals surface area (Å²) < 4.78 is 13.3. The van der Waals surface area contributed by atoms with Gasteiger partial charge in [0.2, 0.25) is 0 Å². The van der Waals surface area contributed by atoms with E-state index in [0.717, 1.165) is 31.7 Å². The molecule has 3 nitrogen and oxygen atoms in total. The molecule has 0 saturated heterocycles. The predicted octanol–water partition coefficient (Wildman–Crippen LogP) is 3.06. The lowest BCUT2D eigenvalue weighted by Crippen LogP contribution is -2.25. The number of hydrogen-bond acceptors (Lipinski definition) is 2. The molecular weight excluding hydrogens is 257 g/mol. The van der Waals surface area contributed by atoms with Gasteiger partial charge in [0.1, 0.15) is 17.1 Å². The summed E-state index contributed by atoms with van der Waals surface area (Å²) in [5.74, 6) is -0.984. The van der Waals surface area contributed by atoms with Gasteiger partial charge in [-0.25, -0.2) is 4.39 Å². The summed E-state index contributed by atoms with van der Waals surface area (Å²) in [6, 6.07) is 3.79. The molecule has 5 heteroatoms. The zero-order chi connectivity index (χ0) is 13.4. The van der Waals surface area contributed by atoms with Crippen LogP contribution in [-0.2, 0) is 0 Å². The van der Waals surface area contributed by atoms with Crippen molar-refractivity contribution in [3.05, 3.63) is 29.6 Å². The second-order valence-electron chi connectivity index (χ2n) is 3.99. The zero-order valence-electron chi connectivity index (χ0n) is 10.1. The van der Waals surface area contributed by atoms with Gasteiger partial charge < -0.3 is 10.4 Å². The molecule has 1 rings (SSSR count). The molecule has 0 aliphatic heterocycles. The molecule has 0 unspecified atom stereocenters. The van der Waals surface area contributed by atoms with E-state index in [1.54, 1.807) is 0 Å². The van der Waals surface area contributed by atoms with Gasteiger partial charge in [-0.05, 0) is 25.0 Å². The first-order chi connectivity index (χ1) is 8.66. The van der Waals surface area contributed by atoms with Crippen LogP contribution in [0.2, 0.25) is 0 Å². The number of carbonyl (C=O) groups is 1. The standard InChI is InChI=1S/C13H17ClFNO2/c14-8-3-1-2-4-9-16-13(18)12-10(15)6-5-7-11(12)17/h5-7,17H,1-4,8-9H2,(H,16,18). The number of nitrogens with one attached hydrogen (secondary N) is 1. The average Bonchev–Trinajstić information content (AvgIpc) is 2.33. The predicted molar refractivity (Wildman–Crippen MR) is 69.6 cm³/mol. The van der Waals surface area contributed by atoms with Crippen molar-refractivity contribution in [3.63, 3.8) is 0 Å². The average molecular weight is 274 g/mol. The van der Waals surface area contributed by atoms with Gasteiger partial charge in [-0.1, -0.05) is 18.9 Å². The Labute approximate surface area is 111 Å². The minimum atomic E-state index is -0.713. The Morgan fingerprint density at radius 3 is 2.67 bits per heavy atom. The molecular formula is C13H17ClFNO2. The van der Waals surface area contributed by atoms with Gasteiger partial charge in [0.15, 0.2) is 0 Å². The summed E-state index contributed by atoms with van der Waals surface area (Å²) in [5.41, 5.74) is -0.293. The third kappa shape index (κ3) is 4.53. The highest BCUT2D eigenvalue weighted by Crippen LogP contribution is 2.19.